The summed E-state index contributed by atoms with van der Waals surface area (Å²) in [4.78, 5) is 43.9. The van der Waals surface area contributed by atoms with Gasteiger partial charge < -0.3 is 14.5 Å². The molecular weight excluding hydrogens is 454 g/mol. The van der Waals surface area contributed by atoms with E-state index in [-0.39, 0.29) is 17.8 Å². The first kappa shape index (κ1) is 23.8. The molecule has 0 unspecified atom stereocenters. The summed E-state index contributed by atoms with van der Waals surface area (Å²) in [5, 5.41) is 0. The Morgan fingerprint density at radius 3 is 1.94 bits per heavy atom. The summed E-state index contributed by atoms with van der Waals surface area (Å²) in [6, 6.07) is 24.4. The average molecular weight is 484 g/mol. The van der Waals surface area contributed by atoms with Gasteiger partial charge in [-0.2, -0.15) is 0 Å². The zero-order valence-electron chi connectivity index (χ0n) is 20.3. The van der Waals surface area contributed by atoms with Crippen LogP contribution in [0.1, 0.15) is 31.1 Å². The van der Waals surface area contributed by atoms with Gasteiger partial charge in [-0.05, 0) is 41.5 Å². The summed E-state index contributed by atoms with van der Waals surface area (Å²) >= 11 is 0. The van der Waals surface area contributed by atoms with Gasteiger partial charge in [-0.1, -0.05) is 48.5 Å². The van der Waals surface area contributed by atoms with Crippen LogP contribution in [0.3, 0.4) is 0 Å². The number of carbonyl (C=O) groups excluding carboxylic acids is 3. The molecule has 0 aliphatic carbocycles. The highest BCUT2D eigenvalue weighted by Gasteiger charge is 2.37. The standard InChI is InChI=1S/C29H29N3O4/c1-36-29(35)26-10-6-5-9-25(26)21-11-13-23(14-12-21)28(34)32-19-24(20-32)30-15-17-31(18-16-30)27(33)22-7-3-2-4-8-22/h2-14,24H,15-20H2,1H3. The van der Waals surface area contributed by atoms with Crippen LogP contribution in [0.4, 0.5) is 0 Å². The van der Waals surface area contributed by atoms with Crippen molar-refractivity contribution >= 4 is 17.8 Å². The minimum atomic E-state index is -0.386. The molecule has 0 N–H and O–H groups in total. The fourth-order valence-corrected chi connectivity index (χ4v) is 4.90. The SMILES string of the molecule is COC(=O)c1ccccc1-c1ccc(C(=O)N2CC(N3CCN(C(=O)c4ccccc4)CC3)C2)cc1. The first-order valence-corrected chi connectivity index (χ1v) is 12.2. The van der Waals surface area contributed by atoms with Gasteiger partial charge in [0.05, 0.1) is 12.7 Å². The number of piperazine rings is 1. The van der Waals surface area contributed by atoms with Crippen LogP contribution < -0.4 is 0 Å². The molecule has 7 nitrogen and oxygen atoms in total. The van der Waals surface area contributed by atoms with Crippen molar-refractivity contribution in [3.8, 4) is 11.1 Å². The molecule has 5 rings (SSSR count). The average Bonchev–Trinajstić information content (AvgIpc) is 2.92. The fourth-order valence-electron chi connectivity index (χ4n) is 4.90. The summed E-state index contributed by atoms with van der Waals surface area (Å²) in [5.74, 6) is -0.294. The monoisotopic (exact) mass is 483 g/mol. The van der Waals surface area contributed by atoms with E-state index in [1.54, 1.807) is 12.1 Å². The number of ether oxygens (including phenoxy) is 1. The predicted molar refractivity (Wildman–Crippen MR) is 137 cm³/mol. The largest absolute Gasteiger partial charge is 0.465 e. The Kier molecular flexibility index (Phi) is 6.82. The topological polar surface area (TPSA) is 70.2 Å². The van der Waals surface area contributed by atoms with Crippen molar-refractivity contribution in [2.24, 2.45) is 0 Å². The van der Waals surface area contributed by atoms with E-state index in [9.17, 15) is 14.4 Å². The van der Waals surface area contributed by atoms with Crippen molar-refractivity contribution in [3.63, 3.8) is 0 Å². The smallest absolute Gasteiger partial charge is 0.338 e. The molecule has 2 aliphatic rings. The Balaban J connectivity index is 1.14. The lowest BCUT2D eigenvalue weighted by Crippen LogP contribution is -2.64. The Bertz CT molecular complexity index is 1250. The van der Waals surface area contributed by atoms with E-state index in [0.29, 0.717) is 43.3 Å². The molecule has 0 aromatic heterocycles. The van der Waals surface area contributed by atoms with Crippen molar-refractivity contribution in [3.05, 3.63) is 95.6 Å². The van der Waals surface area contributed by atoms with Crippen LogP contribution in [0.2, 0.25) is 0 Å². The van der Waals surface area contributed by atoms with Crippen LogP contribution in [0, 0.1) is 0 Å². The van der Waals surface area contributed by atoms with Gasteiger partial charge in [0.15, 0.2) is 0 Å². The molecule has 3 aromatic rings. The Hall–Kier alpha value is -3.97. The van der Waals surface area contributed by atoms with Gasteiger partial charge in [0.2, 0.25) is 0 Å². The number of likely N-dealkylation sites (tertiary alicyclic amines) is 1. The number of nitrogens with zero attached hydrogens (tertiary/aromatic N) is 3. The molecule has 2 amide bonds. The Morgan fingerprint density at radius 2 is 1.28 bits per heavy atom. The van der Waals surface area contributed by atoms with Crippen molar-refractivity contribution < 1.29 is 19.1 Å². The number of methoxy groups -OCH3 is 1. The van der Waals surface area contributed by atoms with Gasteiger partial charge in [0.25, 0.3) is 11.8 Å². The van der Waals surface area contributed by atoms with Gasteiger partial charge in [-0.3, -0.25) is 14.5 Å². The maximum atomic E-state index is 13.0. The van der Waals surface area contributed by atoms with Crippen molar-refractivity contribution in [1.29, 1.82) is 0 Å². The zero-order valence-corrected chi connectivity index (χ0v) is 20.3. The molecule has 3 aromatic carbocycles. The Labute approximate surface area is 210 Å². The third kappa shape index (κ3) is 4.75. The Morgan fingerprint density at radius 1 is 0.694 bits per heavy atom. The van der Waals surface area contributed by atoms with E-state index in [4.69, 9.17) is 4.74 Å². The molecule has 36 heavy (non-hydrogen) atoms. The molecule has 2 aliphatic heterocycles. The van der Waals surface area contributed by atoms with Crippen LogP contribution in [-0.2, 0) is 4.74 Å². The van der Waals surface area contributed by atoms with E-state index in [1.165, 1.54) is 7.11 Å². The summed E-state index contributed by atoms with van der Waals surface area (Å²) in [6.07, 6.45) is 0. The summed E-state index contributed by atoms with van der Waals surface area (Å²) in [7, 11) is 1.37. The third-order valence-corrected chi connectivity index (χ3v) is 7.06. The second kappa shape index (κ2) is 10.3. The minimum Gasteiger partial charge on any atom is -0.465 e. The highest BCUT2D eigenvalue weighted by atomic mass is 16.5. The first-order valence-electron chi connectivity index (χ1n) is 12.2. The lowest BCUT2D eigenvalue weighted by atomic mass is 9.98. The molecule has 2 heterocycles. The number of rotatable bonds is 5. The molecule has 0 atom stereocenters. The van der Waals surface area contributed by atoms with Crippen LogP contribution in [0.5, 0.6) is 0 Å². The quantitative estimate of drug-likeness (QED) is 0.520. The lowest BCUT2D eigenvalue weighted by molar-refractivity contribution is 0.00853. The van der Waals surface area contributed by atoms with Crippen molar-refractivity contribution in [2.75, 3.05) is 46.4 Å². The number of benzene rings is 3. The maximum Gasteiger partial charge on any atom is 0.338 e. The van der Waals surface area contributed by atoms with Gasteiger partial charge in [-0.15, -0.1) is 0 Å². The molecular formula is C29H29N3O4. The second-order valence-corrected chi connectivity index (χ2v) is 9.17. The van der Waals surface area contributed by atoms with Gasteiger partial charge in [0, 0.05) is 56.4 Å². The molecule has 2 saturated heterocycles. The molecule has 0 radical (unpaired) electrons. The lowest BCUT2D eigenvalue weighted by Gasteiger charge is -2.48. The van der Waals surface area contributed by atoms with Gasteiger partial charge in [-0.25, -0.2) is 4.79 Å². The van der Waals surface area contributed by atoms with Crippen LogP contribution in [0.25, 0.3) is 11.1 Å². The predicted octanol–water partition coefficient (Wildman–Crippen LogP) is 3.42. The van der Waals surface area contributed by atoms with Gasteiger partial charge >= 0.3 is 5.97 Å². The van der Waals surface area contributed by atoms with Crippen LogP contribution in [-0.4, -0.2) is 84.9 Å². The van der Waals surface area contributed by atoms with Crippen LogP contribution in [0.15, 0.2) is 78.9 Å². The third-order valence-electron chi connectivity index (χ3n) is 7.06. The number of amides is 2. The number of carbonyl (C=O) groups is 3. The molecule has 184 valence electrons. The normalized spacial score (nSPS) is 16.4. The van der Waals surface area contributed by atoms with E-state index in [1.807, 2.05) is 76.5 Å². The van der Waals surface area contributed by atoms with E-state index < -0.39 is 0 Å². The first-order chi connectivity index (χ1) is 17.5. The van der Waals surface area contributed by atoms with E-state index in [0.717, 1.165) is 29.8 Å². The molecule has 2 fully saturated rings. The molecule has 0 spiro atoms. The summed E-state index contributed by atoms with van der Waals surface area (Å²) < 4.78 is 4.89. The highest BCUT2D eigenvalue weighted by Crippen LogP contribution is 2.26. The molecule has 0 saturated carbocycles. The molecule has 7 heteroatoms. The van der Waals surface area contributed by atoms with Crippen molar-refractivity contribution in [2.45, 2.75) is 6.04 Å². The summed E-state index contributed by atoms with van der Waals surface area (Å²) in [6.45, 7) is 4.43. The highest BCUT2D eigenvalue weighted by molar-refractivity contribution is 5.98. The van der Waals surface area contributed by atoms with Gasteiger partial charge in [0.1, 0.15) is 0 Å². The number of hydrogen-bond acceptors (Lipinski definition) is 5. The van der Waals surface area contributed by atoms with E-state index >= 15 is 0 Å². The molecule has 0 bridgehead atoms. The number of hydrogen-bond donors (Lipinski definition) is 0. The summed E-state index contributed by atoms with van der Waals surface area (Å²) in [5.41, 5.74) is 3.49. The minimum absolute atomic E-state index is 0.0111. The zero-order chi connectivity index (χ0) is 25.1. The van der Waals surface area contributed by atoms with Crippen LogP contribution >= 0.6 is 0 Å². The maximum absolute atomic E-state index is 13.0. The van der Waals surface area contributed by atoms with E-state index in [2.05, 4.69) is 4.90 Å². The number of esters is 1. The van der Waals surface area contributed by atoms with Crippen molar-refractivity contribution in [1.82, 2.24) is 14.7 Å². The second-order valence-electron chi connectivity index (χ2n) is 9.17. The fraction of sp³-hybridized carbons (Fsp3) is 0.276.